The molecule has 2 aromatic rings. The summed E-state index contributed by atoms with van der Waals surface area (Å²) < 4.78 is 12.5. The Morgan fingerprint density at radius 2 is 2.03 bits per heavy atom. The van der Waals surface area contributed by atoms with E-state index in [0.717, 1.165) is 13.5 Å². The second-order valence-corrected chi connectivity index (χ2v) is 7.29. The quantitative estimate of drug-likeness (QED) is 0.524. The standard InChI is InChI=1S/C16H23N5O4.C2H4O2/c1-8-19-14(17-5-9-3-4-9)11-15(20-8)21(7-18-11)16-13(23)12(22)10(25-16)6-24-2;1-2(3)4/h7,9-10,12-13,16,22-23H,3-6H2,1-2H3,(H,17,19,20);1H3,(H,3,4)/t10-,12-,13-,16-;/m1./s1. The third kappa shape index (κ3) is 4.99. The van der Waals surface area contributed by atoms with Gasteiger partial charge >= 0.3 is 0 Å². The van der Waals surface area contributed by atoms with Gasteiger partial charge in [0, 0.05) is 20.6 Å². The van der Waals surface area contributed by atoms with Crippen LogP contribution >= 0.6 is 0 Å². The number of fused-ring (bicyclic) bond motifs is 1. The van der Waals surface area contributed by atoms with Gasteiger partial charge in [0.05, 0.1) is 12.9 Å². The highest BCUT2D eigenvalue weighted by molar-refractivity contribution is 5.83. The number of ether oxygens (including phenoxy) is 2. The Bertz CT molecular complexity index is 851. The molecule has 0 aromatic carbocycles. The lowest BCUT2D eigenvalue weighted by molar-refractivity contribution is -0.134. The SMILES string of the molecule is CC(=O)O.COC[C@H]1O[C@@H](n2cnc3c(NCC4CC4)nc(C)nc32)[C@H](O)[C@@H]1O. The molecular formula is C18H27N5O6. The van der Waals surface area contributed by atoms with Crippen molar-refractivity contribution in [3.8, 4) is 0 Å². The summed E-state index contributed by atoms with van der Waals surface area (Å²) in [6.45, 7) is 3.97. The average Bonchev–Trinajstić information content (AvgIpc) is 3.33. The fourth-order valence-corrected chi connectivity index (χ4v) is 3.16. The largest absolute Gasteiger partial charge is 0.481 e. The molecule has 4 N–H and O–H groups in total. The normalized spacial score (nSPS) is 26.2. The number of hydrogen-bond acceptors (Lipinski definition) is 9. The molecule has 0 unspecified atom stereocenters. The Balaban J connectivity index is 0.000000552. The topological polar surface area (TPSA) is 152 Å². The second kappa shape index (κ2) is 8.99. The second-order valence-electron chi connectivity index (χ2n) is 7.29. The summed E-state index contributed by atoms with van der Waals surface area (Å²) in [6.07, 6.45) is 0.569. The van der Waals surface area contributed by atoms with Crippen LogP contribution in [-0.2, 0) is 14.3 Å². The average molecular weight is 409 g/mol. The highest BCUT2D eigenvalue weighted by atomic mass is 16.6. The van der Waals surface area contributed by atoms with E-state index in [0.29, 0.717) is 28.7 Å². The Kier molecular flexibility index (Phi) is 6.63. The summed E-state index contributed by atoms with van der Waals surface area (Å²) in [4.78, 5) is 22.3. The summed E-state index contributed by atoms with van der Waals surface area (Å²) >= 11 is 0. The van der Waals surface area contributed by atoms with Gasteiger partial charge in [-0.3, -0.25) is 9.36 Å². The molecule has 1 saturated carbocycles. The van der Waals surface area contributed by atoms with Crippen LogP contribution in [-0.4, -0.2) is 79.4 Å². The fraction of sp³-hybridized carbons (Fsp3) is 0.667. The van der Waals surface area contributed by atoms with Crippen LogP contribution in [0, 0.1) is 12.8 Å². The number of aliphatic hydroxyl groups excluding tert-OH is 2. The molecule has 2 aliphatic rings. The molecule has 4 atom stereocenters. The zero-order valence-electron chi connectivity index (χ0n) is 16.6. The highest BCUT2D eigenvalue weighted by Gasteiger charge is 2.44. The Labute approximate surface area is 167 Å². The molecule has 1 aliphatic heterocycles. The molecule has 0 radical (unpaired) electrons. The molecule has 29 heavy (non-hydrogen) atoms. The predicted octanol–water partition coefficient (Wildman–Crippen LogP) is 0.313. The van der Waals surface area contributed by atoms with Gasteiger partial charge < -0.3 is 30.1 Å². The molecule has 11 nitrogen and oxygen atoms in total. The molecule has 2 fully saturated rings. The van der Waals surface area contributed by atoms with Crippen LogP contribution < -0.4 is 5.32 Å². The van der Waals surface area contributed by atoms with E-state index in [4.69, 9.17) is 19.4 Å². The molecular weight excluding hydrogens is 382 g/mol. The summed E-state index contributed by atoms with van der Waals surface area (Å²) in [5.41, 5.74) is 1.20. The minimum atomic E-state index is -1.09. The highest BCUT2D eigenvalue weighted by Crippen LogP contribution is 2.33. The number of carbonyl (C=O) groups is 1. The van der Waals surface area contributed by atoms with Crippen molar-refractivity contribution in [2.24, 2.45) is 5.92 Å². The summed E-state index contributed by atoms with van der Waals surface area (Å²) in [7, 11) is 1.52. The van der Waals surface area contributed by atoms with Gasteiger partial charge in [-0.25, -0.2) is 15.0 Å². The maximum absolute atomic E-state index is 10.4. The summed E-state index contributed by atoms with van der Waals surface area (Å²) in [5.74, 6) is 1.17. The zero-order valence-corrected chi connectivity index (χ0v) is 16.6. The van der Waals surface area contributed by atoms with Crippen molar-refractivity contribution in [3.05, 3.63) is 12.2 Å². The lowest BCUT2D eigenvalue weighted by Crippen LogP contribution is -2.33. The molecule has 160 valence electrons. The molecule has 3 heterocycles. The van der Waals surface area contributed by atoms with Crippen LogP contribution in [0.4, 0.5) is 5.82 Å². The number of nitrogens with zero attached hydrogens (tertiary/aromatic N) is 4. The number of methoxy groups -OCH3 is 1. The van der Waals surface area contributed by atoms with Crippen molar-refractivity contribution in [1.29, 1.82) is 0 Å². The number of anilines is 1. The van der Waals surface area contributed by atoms with E-state index < -0.39 is 30.5 Å². The lowest BCUT2D eigenvalue weighted by Gasteiger charge is -2.17. The van der Waals surface area contributed by atoms with Gasteiger partial charge in [0.15, 0.2) is 23.2 Å². The summed E-state index contributed by atoms with van der Waals surface area (Å²) in [5, 5.41) is 31.3. The predicted molar refractivity (Wildman–Crippen MR) is 102 cm³/mol. The van der Waals surface area contributed by atoms with Gasteiger partial charge in [0.2, 0.25) is 0 Å². The van der Waals surface area contributed by atoms with Crippen molar-refractivity contribution in [1.82, 2.24) is 19.5 Å². The molecule has 4 rings (SSSR count). The smallest absolute Gasteiger partial charge is 0.300 e. The number of aromatic nitrogens is 4. The van der Waals surface area contributed by atoms with Crippen LogP contribution in [0.15, 0.2) is 6.33 Å². The first-order valence-electron chi connectivity index (χ1n) is 9.47. The van der Waals surface area contributed by atoms with E-state index in [1.807, 2.05) is 6.92 Å². The number of aliphatic carboxylic acids is 1. The number of aryl methyl sites for hydroxylation is 1. The summed E-state index contributed by atoms with van der Waals surface area (Å²) in [6, 6.07) is 0. The van der Waals surface area contributed by atoms with Gasteiger partial charge in [-0.1, -0.05) is 0 Å². The van der Waals surface area contributed by atoms with E-state index in [2.05, 4.69) is 20.3 Å². The zero-order chi connectivity index (χ0) is 21.1. The Hall–Kier alpha value is -2.34. The van der Waals surface area contributed by atoms with E-state index in [1.54, 1.807) is 10.9 Å². The first-order valence-corrected chi connectivity index (χ1v) is 9.47. The van der Waals surface area contributed by atoms with Gasteiger partial charge in [-0.2, -0.15) is 0 Å². The lowest BCUT2D eigenvalue weighted by atomic mass is 10.1. The number of aliphatic hydroxyl groups is 2. The van der Waals surface area contributed by atoms with Crippen molar-refractivity contribution >= 4 is 23.0 Å². The third-order valence-electron chi connectivity index (χ3n) is 4.73. The monoisotopic (exact) mass is 409 g/mol. The molecule has 0 bridgehead atoms. The van der Waals surface area contributed by atoms with Crippen molar-refractivity contribution in [2.45, 2.75) is 51.2 Å². The molecule has 2 aromatic heterocycles. The van der Waals surface area contributed by atoms with Gasteiger partial charge in [-0.15, -0.1) is 0 Å². The number of carboxylic acids is 1. The van der Waals surface area contributed by atoms with Crippen LogP contribution in [0.5, 0.6) is 0 Å². The molecule has 0 amide bonds. The van der Waals surface area contributed by atoms with Crippen LogP contribution in [0.1, 0.15) is 31.8 Å². The van der Waals surface area contributed by atoms with Gasteiger partial charge in [0.1, 0.15) is 24.1 Å². The maximum Gasteiger partial charge on any atom is 0.300 e. The first-order chi connectivity index (χ1) is 13.8. The van der Waals surface area contributed by atoms with Crippen LogP contribution in [0.3, 0.4) is 0 Å². The number of carboxylic acid groups (broad SMARTS) is 1. The number of imidazole rings is 1. The van der Waals surface area contributed by atoms with Crippen molar-refractivity contribution in [2.75, 3.05) is 25.6 Å². The Morgan fingerprint density at radius 1 is 1.34 bits per heavy atom. The van der Waals surface area contributed by atoms with Crippen molar-refractivity contribution in [3.63, 3.8) is 0 Å². The molecule has 0 spiro atoms. The number of rotatable bonds is 6. The molecule has 1 aliphatic carbocycles. The minimum Gasteiger partial charge on any atom is -0.481 e. The molecule has 1 saturated heterocycles. The van der Waals surface area contributed by atoms with Crippen molar-refractivity contribution < 1.29 is 29.6 Å². The maximum atomic E-state index is 10.4. The van der Waals surface area contributed by atoms with Gasteiger partial charge in [0.25, 0.3) is 5.97 Å². The molecule has 11 heteroatoms. The third-order valence-corrected chi connectivity index (χ3v) is 4.73. The Morgan fingerprint density at radius 3 is 2.66 bits per heavy atom. The number of nitrogens with one attached hydrogen (secondary N) is 1. The number of hydrogen-bond donors (Lipinski definition) is 4. The first kappa shape index (κ1) is 21.4. The van der Waals surface area contributed by atoms with Crippen LogP contribution in [0.25, 0.3) is 11.2 Å². The minimum absolute atomic E-state index is 0.198. The van der Waals surface area contributed by atoms with Crippen LogP contribution in [0.2, 0.25) is 0 Å². The van der Waals surface area contributed by atoms with E-state index in [1.165, 1.54) is 20.0 Å². The van der Waals surface area contributed by atoms with Gasteiger partial charge in [-0.05, 0) is 25.7 Å². The van der Waals surface area contributed by atoms with E-state index in [9.17, 15) is 10.2 Å². The van der Waals surface area contributed by atoms with E-state index in [-0.39, 0.29) is 6.61 Å². The fourth-order valence-electron chi connectivity index (χ4n) is 3.16. The van der Waals surface area contributed by atoms with E-state index >= 15 is 0 Å².